The summed E-state index contributed by atoms with van der Waals surface area (Å²) in [5.41, 5.74) is 6.34. The van der Waals surface area contributed by atoms with E-state index in [1.807, 2.05) is 55.7 Å². The lowest BCUT2D eigenvalue weighted by molar-refractivity contribution is 0.0828. The zero-order chi connectivity index (χ0) is 22.0. The van der Waals surface area contributed by atoms with E-state index < -0.39 is 0 Å². The van der Waals surface area contributed by atoms with Crippen LogP contribution in [0.4, 0.5) is 4.39 Å². The fourth-order valence-electron chi connectivity index (χ4n) is 3.85. The molecule has 6 heteroatoms. The second kappa shape index (κ2) is 8.79. The van der Waals surface area contributed by atoms with Gasteiger partial charge in [0.1, 0.15) is 5.83 Å². The maximum absolute atomic E-state index is 14.6. The molecule has 2 heterocycles. The third-order valence-corrected chi connectivity index (χ3v) is 5.18. The Hall–Kier alpha value is -2.99. The van der Waals surface area contributed by atoms with Gasteiger partial charge in [-0.1, -0.05) is 0 Å². The number of aromatic nitrogens is 2. The van der Waals surface area contributed by atoms with Gasteiger partial charge in [-0.25, -0.2) is 4.39 Å². The fraction of sp³-hybridized carbons (Fsp3) is 0.333. The molecule has 30 heavy (non-hydrogen) atoms. The first-order chi connectivity index (χ1) is 14.2. The van der Waals surface area contributed by atoms with Crippen LogP contribution >= 0.6 is 0 Å². The number of amides is 1. The van der Waals surface area contributed by atoms with Gasteiger partial charge < -0.3 is 14.8 Å². The summed E-state index contributed by atoms with van der Waals surface area (Å²) in [5, 5.41) is 3.87. The van der Waals surface area contributed by atoms with Crippen molar-refractivity contribution in [2.75, 3.05) is 27.7 Å². The van der Waals surface area contributed by atoms with E-state index >= 15 is 0 Å². The number of carbonyl (C=O) groups excluding carboxylic acids is 1. The van der Waals surface area contributed by atoms with Crippen LogP contribution < -0.4 is 5.32 Å². The molecule has 2 aromatic heterocycles. The van der Waals surface area contributed by atoms with Crippen molar-refractivity contribution in [3.63, 3.8) is 0 Å². The summed E-state index contributed by atoms with van der Waals surface area (Å²) in [7, 11) is 5.26. The van der Waals surface area contributed by atoms with Crippen LogP contribution in [0.15, 0.2) is 42.2 Å². The number of rotatable bonds is 6. The van der Waals surface area contributed by atoms with Crippen LogP contribution in [0.5, 0.6) is 0 Å². The highest BCUT2D eigenvalue weighted by Crippen LogP contribution is 2.36. The van der Waals surface area contributed by atoms with Gasteiger partial charge in [0.05, 0.1) is 6.54 Å². The van der Waals surface area contributed by atoms with Crippen LogP contribution in [0.1, 0.15) is 27.4 Å². The van der Waals surface area contributed by atoms with Crippen LogP contribution in [0.2, 0.25) is 0 Å². The van der Waals surface area contributed by atoms with E-state index in [4.69, 9.17) is 0 Å². The molecule has 0 aliphatic rings. The standard InChI is InChI=1S/C24H29FN4O/c1-15-11-19(12-16(2)27-15)23-17(3)29(14-20(25)9-10-26-4)22-8-7-18(13-21(22)23)24(30)28(5)6/h7-9,11-13,26H,10,14H2,1-6H3/b20-9-. The van der Waals surface area contributed by atoms with Crippen LogP contribution in [0, 0.1) is 20.8 Å². The Kier molecular flexibility index (Phi) is 6.37. The Bertz CT molecular complexity index is 1110. The Morgan fingerprint density at radius 3 is 2.43 bits per heavy atom. The molecule has 1 amide bonds. The van der Waals surface area contributed by atoms with Crippen molar-refractivity contribution in [1.29, 1.82) is 0 Å². The highest BCUT2D eigenvalue weighted by molar-refractivity contribution is 6.04. The summed E-state index contributed by atoms with van der Waals surface area (Å²) >= 11 is 0. The second-order valence-electron chi connectivity index (χ2n) is 7.83. The van der Waals surface area contributed by atoms with E-state index in [-0.39, 0.29) is 18.3 Å². The molecule has 3 aromatic rings. The lowest BCUT2D eigenvalue weighted by Gasteiger charge is -2.11. The summed E-state index contributed by atoms with van der Waals surface area (Å²) in [5.74, 6) is -0.262. The summed E-state index contributed by atoms with van der Waals surface area (Å²) in [6, 6.07) is 9.70. The van der Waals surface area contributed by atoms with Gasteiger partial charge in [0, 0.05) is 59.8 Å². The van der Waals surface area contributed by atoms with Crippen molar-refractivity contribution in [3.05, 3.63) is 64.9 Å². The number of nitrogens with one attached hydrogen (secondary N) is 1. The third kappa shape index (κ3) is 4.28. The average Bonchev–Trinajstić information content (AvgIpc) is 2.95. The Balaban J connectivity index is 2.27. The topological polar surface area (TPSA) is 50.2 Å². The average molecular weight is 409 g/mol. The zero-order valence-electron chi connectivity index (χ0n) is 18.5. The highest BCUT2D eigenvalue weighted by Gasteiger charge is 2.19. The lowest BCUT2D eigenvalue weighted by Crippen LogP contribution is -2.21. The maximum Gasteiger partial charge on any atom is 0.253 e. The van der Waals surface area contributed by atoms with Gasteiger partial charge in [-0.05, 0) is 69.8 Å². The molecule has 0 saturated carbocycles. The molecule has 0 aliphatic heterocycles. The van der Waals surface area contributed by atoms with Crippen molar-refractivity contribution in [1.82, 2.24) is 19.8 Å². The first-order valence-electron chi connectivity index (χ1n) is 10.0. The quantitative estimate of drug-likeness (QED) is 0.658. The number of carbonyl (C=O) groups is 1. The van der Waals surface area contributed by atoms with Gasteiger partial charge in [-0.3, -0.25) is 9.78 Å². The van der Waals surface area contributed by atoms with Crippen molar-refractivity contribution in [3.8, 4) is 11.1 Å². The Labute approximate surface area is 177 Å². The minimum Gasteiger partial charge on any atom is -0.345 e. The largest absolute Gasteiger partial charge is 0.345 e. The first-order valence-corrected chi connectivity index (χ1v) is 10.0. The molecule has 1 N–H and O–H groups in total. The number of aryl methyl sites for hydroxylation is 2. The smallest absolute Gasteiger partial charge is 0.253 e. The number of allylic oxidation sites excluding steroid dienone is 1. The normalized spacial score (nSPS) is 11.9. The minimum atomic E-state index is -0.202. The van der Waals surface area contributed by atoms with Crippen molar-refractivity contribution in [2.24, 2.45) is 0 Å². The predicted octanol–water partition coefficient (Wildman–Crippen LogP) is 4.40. The highest BCUT2D eigenvalue weighted by atomic mass is 19.1. The molecular formula is C24H29FN4O. The fourth-order valence-corrected chi connectivity index (χ4v) is 3.85. The third-order valence-electron chi connectivity index (χ3n) is 5.18. The molecule has 0 fully saturated rings. The van der Waals surface area contributed by atoms with Gasteiger partial charge in [0.2, 0.25) is 0 Å². The SMILES string of the molecule is CNC/C=C(\F)Cn1c(C)c(-c2cc(C)nc(C)c2)c2cc(C(=O)N(C)C)ccc21. The molecule has 5 nitrogen and oxygen atoms in total. The number of likely N-dealkylation sites (N-methyl/N-ethyl adjacent to an activating group) is 1. The molecule has 0 spiro atoms. The first kappa shape index (κ1) is 21.7. The molecular weight excluding hydrogens is 379 g/mol. The maximum atomic E-state index is 14.6. The van der Waals surface area contributed by atoms with Crippen molar-refractivity contribution < 1.29 is 9.18 Å². The van der Waals surface area contributed by atoms with E-state index in [1.165, 1.54) is 0 Å². The number of benzene rings is 1. The van der Waals surface area contributed by atoms with E-state index in [1.54, 1.807) is 32.1 Å². The minimum absolute atomic E-state index is 0.0598. The molecule has 0 radical (unpaired) electrons. The Morgan fingerprint density at radius 2 is 1.83 bits per heavy atom. The second-order valence-corrected chi connectivity index (χ2v) is 7.83. The van der Waals surface area contributed by atoms with Crippen molar-refractivity contribution >= 4 is 16.8 Å². The van der Waals surface area contributed by atoms with Crippen LogP contribution in [0.25, 0.3) is 22.0 Å². The summed E-state index contributed by atoms with van der Waals surface area (Å²) in [6.07, 6.45) is 1.55. The van der Waals surface area contributed by atoms with Gasteiger partial charge in [0.15, 0.2) is 0 Å². The van der Waals surface area contributed by atoms with E-state index in [9.17, 15) is 9.18 Å². The summed E-state index contributed by atoms with van der Waals surface area (Å²) in [6.45, 7) is 6.55. The molecule has 1 aromatic carbocycles. The van der Waals surface area contributed by atoms with Gasteiger partial charge in [0.25, 0.3) is 5.91 Å². The van der Waals surface area contributed by atoms with Crippen molar-refractivity contribution in [2.45, 2.75) is 27.3 Å². The number of fused-ring (bicyclic) bond motifs is 1. The molecule has 3 rings (SSSR count). The molecule has 0 aliphatic carbocycles. The van der Waals surface area contributed by atoms with E-state index in [0.717, 1.165) is 39.1 Å². The van der Waals surface area contributed by atoms with Gasteiger partial charge in [-0.2, -0.15) is 0 Å². The predicted molar refractivity (Wildman–Crippen MR) is 121 cm³/mol. The summed E-state index contributed by atoms with van der Waals surface area (Å²) in [4.78, 5) is 18.6. The summed E-state index contributed by atoms with van der Waals surface area (Å²) < 4.78 is 16.5. The number of hydrogen-bond acceptors (Lipinski definition) is 3. The van der Waals surface area contributed by atoms with Crippen LogP contribution in [0.3, 0.4) is 0 Å². The van der Waals surface area contributed by atoms with Crippen LogP contribution in [-0.2, 0) is 6.54 Å². The number of pyridine rings is 1. The van der Waals surface area contributed by atoms with Gasteiger partial charge >= 0.3 is 0 Å². The number of hydrogen-bond donors (Lipinski definition) is 1. The number of halogens is 1. The van der Waals surface area contributed by atoms with E-state index in [2.05, 4.69) is 10.3 Å². The monoisotopic (exact) mass is 408 g/mol. The molecule has 0 unspecified atom stereocenters. The van der Waals surface area contributed by atoms with Crippen LogP contribution in [-0.4, -0.2) is 48.0 Å². The zero-order valence-corrected chi connectivity index (χ0v) is 18.5. The lowest BCUT2D eigenvalue weighted by atomic mass is 10.00. The number of nitrogens with zero attached hydrogens (tertiary/aromatic N) is 3. The van der Waals surface area contributed by atoms with E-state index in [0.29, 0.717) is 12.1 Å². The molecule has 0 bridgehead atoms. The van der Waals surface area contributed by atoms with Gasteiger partial charge in [-0.15, -0.1) is 0 Å². The molecule has 158 valence electrons. The Morgan fingerprint density at radius 1 is 1.17 bits per heavy atom. The molecule has 0 saturated heterocycles. The molecule has 0 atom stereocenters.